The second-order valence-corrected chi connectivity index (χ2v) is 4.22. The first-order valence-corrected chi connectivity index (χ1v) is 5.80. The highest BCUT2D eigenvalue weighted by molar-refractivity contribution is 6.34. The Morgan fingerprint density at radius 1 is 0.944 bits per heavy atom. The maximum atomic E-state index is 13.1. The van der Waals surface area contributed by atoms with E-state index >= 15 is 0 Å². The zero-order valence-electron chi connectivity index (χ0n) is 9.27. The van der Waals surface area contributed by atoms with Gasteiger partial charge in [-0.2, -0.15) is 0 Å². The van der Waals surface area contributed by atoms with Crippen LogP contribution in [0.2, 0.25) is 5.15 Å². The van der Waals surface area contributed by atoms with Gasteiger partial charge in [-0.05, 0) is 18.2 Å². The first-order chi connectivity index (χ1) is 8.74. The molecule has 0 aliphatic rings. The number of rotatable bonds is 1. The van der Waals surface area contributed by atoms with Crippen molar-refractivity contribution in [1.29, 1.82) is 0 Å². The van der Waals surface area contributed by atoms with Crippen molar-refractivity contribution in [3.8, 4) is 11.4 Å². The molecular formula is C14H8ClFN2. The van der Waals surface area contributed by atoms with Gasteiger partial charge >= 0.3 is 0 Å². The molecule has 0 spiro atoms. The van der Waals surface area contributed by atoms with Crippen molar-refractivity contribution in [2.75, 3.05) is 0 Å². The van der Waals surface area contributed by atoms with Crippen molar-refractivity contribution < 1.29 is 4.39 Å². The normalized spacial score (nSPS) is 10.8. The van der Waals surface area contributed by atoms with Gasteiger partial charge in [0.1, 0.15) is 11.0 Å². The number of hydrogen-bond acceptors (Lipinski definition) is 2. The molecular weight excluding hydrogens is 251 g/mol. The van der Waals surface area contributed by atoms with Gasteiger partial charge in [0.25, 0.3) is 0 Å². The van der Waals surface area contributed by atoms with E-state index in [0.717, 1.165) is 5.56 Å². The lowest BCUT2D eigenvalue weighted by Crippen LogP contribution is -1.92. The summed E-state index contributed by atoms with van der Waals surface area (Å²) in [5.74, 6) is 0.195. The van der Waals surface area contributed by atoms with Crippen molar-refractivity contribution in [3.63, 3.8) is 0 Å². The third kappa shape index (κ3) is 1.93. The summed E-state index contributed by atoms with van der Waals surface area (Å²) in [4.78, 5) is 8.59. The minimum atomic E-state index is -0.347. The SMILES string of the molecule is Fc1ccc2nc(-c3ccccc3)nc(Cl)c2c1. The van der Waals surface area contributed by atoms with E-state index in [2.05, 4.69) is 9.97 Å². The van der Waals surface area contributed by atoms with Gasteiger partial charge in [0.15, 0.2) is 5.82 Å². The molecule has 0 aliphatic heterocycles. The fourth-order valence-corrected chi connectivity index (χ4v) is 2.01. The molecule has 0 N–H and O–H groups in total. The molecule has 2 aromatic carbocycles. The molecule has 1 aromatic heterocycles. The van der Waals surface area contributed by atoms with E-state index in [0.29, 0.717) is 16.7 Å². The summed E-state index contributed by atoms with van der Waals surface area (Å²) in [7, 11) is 0. The average Bonchev–Trinajstić information content (AvgIpc) is 2.40. The Morgan fingerprint density at radius 3 is 2.50 bits per heavy atom. The fourth-order valence-electron chi connectivity index (χ4n) is 1.78. The Hall–Kier alpha value is -2.00. The number of hydrogen-bond donors (Lipinski definition) is 0. The lowest BCUT2D eigenvalue weighted by molar-refractivity contribution is 0.629. The highest BCUT2D eigenvalue weighted by Crippen LogP contribution is 2.25. The highest BCUT2D eigenvalue weighted by Gasteiger charge is 2.08. The second-order valence-electron chi connectivity index (χ2n) is 3.87. The lowest BCUT2D eigenvalue weighted by Gasteiger charge is -2.04. The number of halogens is 2. The fraction of sp³-hybridized carbons (Fsp3) is 0. The van der Waals surface area contributed by atoms with Crippen LogP contribution in [0.25, 0.3) is 22.3 Å². The van der Waals surface area contributed by atoms with Crippen LogP contribution in [0.5, 0.6) is 0 Å². The van der Waals surface area contributed by atoms with E-state index < -0.39 is 0 Å². The molecule has 0 fully saturated rings. The third-order valence-electron chi connectivity index (χ3n) is 2.64. The molecule has 0 saturated carbocycles. The first kappa shape index (κ1) is 11.1. The van der Waals surface area contributed by atoms with E-state index in [1.54, 1.807) is 6.07 Å². The Labute approximate surface area is 108 Å². The van der Waals surface area contributed by atoms with Gasteiger partial charge in [0.2, 0.25) is 0 Å². The van der Waals surface area contributed by atoms with Crippen molar-refractivity contribution in [2.45, 2.75) is 0 Å². The van der Waals surface area contributed by atoms with Gasteiger partial charge in [-0.3, -0.25) is 0 Å². The smallest absolute Gasteiger partial charge is 0.161 e. The Balaban J connectivity index is 2.25. The summed E-state index contributed by atoms with van der Waals surface area (Å²) in [6.07, 6.45) is 0. The molecule has 0 atom stereocenters. The predicted octanol–water partition coefficient (Wildman–Crippen LogP) is 4.09. The van der Waals surface area contributed by atoms with Crippen LogP contribution in [-0.4, -0.2) is 9.97 Å². The van der Waals surface area contributed by atoms with Crippen LogP contribution in [0.4, 0.5) is 4.39 Å². The molecule has 0 bridgehead atoms. The van der Waals surface area contributed by atoms with Crippen LogP contribution in [0, 0.1) is 5.82 Å². The lowest BCUT2D eigenvalue weighted by atomic mass is 10.2. The van der Waals surface area contributed by atoms with Crippen LogP contribution in [-0.2, 0) is 0 Å². The van der Waals surface area contributed by atoms with Crippen molar-refractivity contribution >= 4 is 22.5 Å². The van der Waals surface area contributed by atoms with Crippen LogP contribution in [0.3, 0.4) is 0 Å². The molecule has 1 heterocycles. The molecule has 0 unspecified atom stereocenters. The average molecular weight is 259 g/mol. The summed E-state index contributed by atoms with van der Waals surface area (Å²) in [6, 6.07) is 13.8. The van der Waals surface area contributed by atoms with Gasteiger partial charge in [0, 0.05) is 10.9 Å². The number of nitrogens with zero attached hydrogens (tertiary/aromatic N) is 2. The third-order valence-corrected chi connectivity index (χ3v) is 2.93. The largest absolute Gasteiger partial charge is 0.228 e. The molecule has 0 amide bonds. The molecule has 0 radical (unpaired) electrons. The van der Waals surface area contributed by atoms with Gasteiger partial charge in [-0.1, -0.05) is 41.9 Å². The zero-order valence-corrected chi connectivity index (χ0v) is 10.0. The topological polar surface area (TPSA) is 25.8 Å². The molecule has 2 nitrogen and oxygen atoms in total. The van der Waals surface area contributed by atoms with Crippen LogP contribution >= 0.6 is 11.6 Å². The van der Waals surface area contributed by atoms with Gasteiger partial charge in [-0.15, -0.1) is 0 Å². The van der Waals surface area contributed by atoms with Crippen molar-refractivity contribution in [1.82, 2.24) is 9.97 Å². The molecule has 4 heteroatoms. The van der Waals surface area contributed by atoms with Crippen LogP contribution in [0.15, 0.2) is 48.5 Å². The van der Waals surface area contributed by atoms with E-state index in [4.69, 9.17) is 11.6 Å². The maximum absolute atomic E-state index is 13.1. The summed E-state index contributed by atoms with van der Waals surface area (Å²) in [5, 5.41) is 0.787. The highest BCUT2D eigenvalue weighted by atomic mass is 35.5. The number of benzene rings is 2. The standard InChI is InChI=1S/C14H8ClFN2/c15-13-11-8-10(16)6-7-12(11)17-14(18-13)9-4-2-1-3-5-9/h1-8H. The monoisotopic (exact) mass is 258 g/mol. The van der Waals surface area contributed by atoms with Crippen molar-refractivity contribution in [3.05, 3.63) is 59.5 Å². The van der Waals surface area contributed by atoms with Gasteiger partial charge in [0.05, 0.1) is 5.52 Å². The minimum Gasteiger partial charge on any atom is -0.228 e. The van der Waals surface area contributed by atoms with Crippen LogP contribution in [0.1, 0.15) is 0 Å². The maximum Gasteiger partial charge on any atom is 0.161 e. The number of aromatic nitrogens is 2. The summed E-state index contributed by atoms with van der Waals surface area (Å²) in [5.41, 5.74) is 1.51. The Morgan fingerprint density at radius 2 is 1.72 bits per heavy atom. The first-order valence-electron chi connectivity index (χ1n) is 5.42. The van der Waals surface area contributed by atoms with E-state index in [-0.39, 0.29) is 11.0 Å². The molecule has 18 heavy (non-hydrogen) atoms. The summed E-state index contributed by atoms with van der Waals surface area (Å²) < 4.78 is 13.1. The Bertz CT molecular complexity index is 714. The van der Waals surface area contributed by atoms with Gasteiger partial charge in [-0.25, -0.2) is 14.4 Å². The molecule has 3 rings (SSSR count). The minimum absolute atomic E-state index is 0.262. The van der Waals surface area contributed by atoms with Crippen molar-refractivity contribution in [2.24, 2.45) is 0 Å². The number of fused-ring (bicyclic) bond motifs is 1. The second kappa shape index (κ2) is 4.35. The Kier molecular flexibility index (Phi) is 2.68. The zero-order chi connectivity index (χ0) is 12.5. The van der Waals surface area contributed by atoms with E-state index in [1.807, 2.05) is 30.3 Å². The molecule has 0 aliphatic carbocycles. The van der Waals surface area contributed by atoms with Gasteiger partial charge < -0.3 is 0 Å². The van der Waals surface area contributed by atoms with E-state index in [1.165, 1.54) is 12.1 Å². The molecule has 0 saturated heterocycles. The van der Waals surface area contributed by atoms with Crippen LogP contribution < -0.4 is 0 Å². The quantitative estimate of drug-likeness (QED) is 0.615. The molecule has 88 valence electrons. The summed E-state index contributed by atoms with van der Waals surface area (Å²) in [6.45, 7) is 0. The van der Waals surface area contributed by atoms with E-state index in [9.17, 15) is 4.39 Å². The molecule has 3 aromatic rings. The predicted molar refractivity (Wildman–Crippen MR) is 69.9 cm³/mol. The summed E-state index contributed by atoms with van der Waals surface area (Å²) >= 11 is 6.07.